The van der Waals surface area contributed by atoms with Crippen molar-refractivity contribution in [1.29, 1.82) is 0 Å². The normalized spacial score (nSPS) is 23.5. The third-order valence-electron chi connectivity index (χ3n) is 6.92. The molecule has 2 saturated heterocycles. The van der Waals surface area contributed by atoms with Crippen LogP contribution in [0.1, 0.15) is 35.5 Å². The molecule has 2 aliphatic heterocycles. The van der Waals surface area contributed by atoms with E-state index in [9.17, 15) is 22.4 Å². The molecule has 2 aromatic carbocycles. The SMILES string of the molecule is O=C1N[C@@H](c2ccccc2)[C@H](c2nc(-c3sc4c(N[C@@H]5CCNC[C@@H]5F)cccc4c3CC(F)(F)F)no2)N1. The summed E-state index contributed by atoms with van der Waals surface area (Å²) in [5, 5.41) is 16.2. The molecule has 2 aliphatic rings. The lowest BCUT2D eigenvalue weighted by Gasteiger charge is -2.28. The number of halogens is 4. The fourth-order valence-electron chi connectivity index (χ4n) is 5.11. The van der Waals surface area contributed by atoms with Gasteiger partial charge in [-0.2, -0.15) is 18.2 Å². The lowest BCUT2D eigenvalue weighted by Crippen LogP contribution is -2.45. The predicted octanol–water partition coefficient (Wildman–Crippen LogP) is 5.26. The van der Waals surface area contributed by atoms with Gasteiger partial charge in [0.15, 0.2) is 0 Å². The summed E-state index contributed by atoms with van der Waals surface area (Å²) in [7, 11) is 0. The van der Waals surface area contributed by atoms with Gasteiger partial charge in [-0.3, -0.25) is 0 Å². The fourth-order valence-corrected chi connectivity index (χ4v) is 6.33. The zero-order chi connectivity index (χ0) is 27.1. The third-order valence-corrected chi connectivity index (χ3v) is 8.20. The Kier molecular flexibility index (Phi) is 6.63. The van der Waals surface area contributed by atoms with Crippen molar-refractivity contribution in [3.8, 4) is 10.7 Å². The second-order valence-corrected chi connectivity index (χ2v) is 10.6. The van der Waals surface area contributed by atoms with E-state index in [0.29, 0.717) is 28.7 Å². The highest BCUT2D eigenvalue weighted by Gasteiger charge is 2.39. The minimum atomic E-state index is -4.49. The molecule has 0 saturated carbocycles. The lowest BCUT2D eigenvalue weighted by molar-refractivity contribution is -0.126. The molecule has 4 N–H and O–H groups in total. The maximum atomic E-state index is 14.5. The number of thiophene rings is 1. The van der Waals surface area contributed by atoms with Crippen molar-refractivity contribution in [2.75, 3.05) is 18.4 Å². The number of nitrogens with zero attached hydrogens (tertiary/aromatic N) is 2. The molecule has 13 heteroatoms. The van der Waals surface area contributed by atoms with Crippen molar-refractivity contribution < 1.29 is 26.9 Å². The zero-order valence-corrected chi connectivity index (χ0v) is 21.2. The summed E-state index contributed by atoms with van der Waals surface area (Å²) in [6, 6.07) is 12.1. The summed E-state index contributed by atoms with van der Waals surface area (Å²) in [6.45, 7) is 0.857. The van der Waals surface area contributed by atoms with E-state index in [-0.39, 0.29) is 28.7 Å². The maximum absolute atomic E-state index is 14.5. The third kappa shape index (κ3) is 5.15. The van der Waals surface area contributed by atoms with Gasteiger partial charge in [0, 0.05) is 6.54 Å². The molecule has 6 rings (SSSR count). The molecule has 0 aliphatic carbocycles. The van der Waals surface area contributed by atoms with E-state index in [4.69, 9.17) is 4.52 Å². The number of alkyl halides is 4. The fraction of sp³-hybridized carbons (Fsp3) is 0.346. The van der Waals surface area contributed by atoms with E-state index in [1.165, 1.54) is 0 Å². The van der Waals surface area contributed by atoms with Crippen LogP contribution >= 0.6 is 11.3 Å². The number of carbonyl (C=O) groups excluding carboxylic acids is 1. The number of rotatable bonds is 6. The summed E-state index contributed by atoms with van der Waals surface area (Å²) >= 11 is 1.10. The average Bonchev–Trinajstić information content (AvgIpc) is 3.63. The van der Waals surface area contributed by atoms with Gasteiger partial charge in [0.1, 0.15) is 12.2 Å². The molecule has 2 aromatic heterocycles. The summed E-state index contributed by atoms with van der Waals surface area (Å²) in [5.41, 5.74) is 1.38. The van der Waals surface area contributed by atoms with E-state index in [2.05, 4.69) is 31.4 Å². The lowest BCUT2D eigenvalue weighted by atomic mass is 10.0. The Morgan fingerprint density at radius 1 is 1.08 bits per heavy atom. The van der Waals surface area contributed by atoms with Crippen LogP contribution in [0.4, 0.5) is 28.0 Å². The minimum absolute atomic E-state index is 0.00500. The highest BCUT2D eigenvalue weighted by Crippen LogP contribution is 2.44. The van der Waals surface area contributed by atoms with Crippen LogP contribution in [0.2, 0.25) is 0 Å². The molecule has 39 heavy (non-hydrogen) atoms. The van der Waals surface area contributed by atoms with Crippen molar-refractivity contribution in [2.24, 2.45) is 0 Å². The van der Waals surface area contributed by atoms with E-state index in [0.717, 1.165) is 16.9 Å². The zero-order valence-electron chi connectivity index (χ0n) is 20.4. The molecule has 4 heterocycles. The van der Waals surface area contributed by atoms with Gasteiger partial charge >= 0.3 is 12.2 Å². The molecular weight excluding hydrogens is 536 g/mol. The summed E-state index contributed by atoms with van der Waals surface area (Å²) in [6.07, 6.45) is -6.26. The van der Waals surface area contributed by atoms with E-state index in [1.807, 2.05) is 30.3 Å². The van der Waals surface area contributed by atoms with Crippen LogP contribution in [0.25, 0.3) is 20.8 Å². The second-order valence-electron chi connectivity index (χ2n) is 9.58. The molecule has 0 radical (unpaired) electrons. The van der Waals surface area contributed by atoms with Crippen molar-refractivity contribution in [1.82, 2.24) is 26.1 Å². The summed E-state index contributed by atoms with van der Waals surface area (Å²) in [5.74, 6) is 0.0653. The number of carbonyl (C=O) groups is 1. The Labute approximate surface area is 224 Å². The highest BCUT2D eigenvalue weighted by atomic mass is 32.1. The smallest absolute Gasteiger partial charge is 0.378 e. The van der Waals surface area contributed by atoms with Crippen molar-refractivity contribution >= 4 is 33.1 Å². The van der Waals surface area contributed by atoms with Gasteiger partial charge in [-0.1, -0.05) is 47.6 Å². The molecule has 0 bridgehead atoms. The number of aromatic nitrogens is 2. The first-order valence-electron chi connectivity index (χ1n) is 12.5. The molecule has 204 valence electrons. The van der Waals surface area contributed by atoms with Gasteiger partial charge in [-0.05, 0) is 35.5 Å². The van der Waals surface area contributed by atoms with Crippen LogP contribution in [0, 0.1) is 0 Å². The largest absolute Gasteiger partial charge is 0.393 e. The van der Waals surface area contributed by atoms with E-state index >= 15 is 0 Å². The van der Waals surface area contributed by atoms with Crippen LogP contribution < -0.4 is 21.3 Å². The Hall–Kier alpha value is -3.71. The van der Waals surface area contributed by atoms with Crippen LogP contribution in [0.5, 0.6) is 0 Å². The Bertz CT molecular complexity index is 1490. The number of piperidine rings is 1. The van der Waals surface area contributed by atoms with Gasteiger partial charge in [-0.25, -0.2) is 9.18 Å². The summed E-state index contributed by atoms with van der Waals surface area (Å²) in [4.78, 5) is 16.8. The minimum Gasteiger partial charge on any atom is -0.378 e. The standard InChI is InChI=1S/C26H24F4N6O2S/c27-16-12-31-10-9-17(16)32-18-8-4-7-14-15(11-26(28,29)30)22(39-21(14)18)23-35-24(38-36-23)20-19(33-25(37)34-20)13-5-2-1-3-6-13/h1-8,16-17,19-20,31-32H,9-12H2,(H2,33,34,37)/t16-,17+,19-,20+/m0/s1. The Morgan fingerprint density at radius 2 is 1.87 bits per heavy atom. The van der Waals surface area contributed by atoms with Crippen LogP contribution in [-0.4, -0.2) is 47.7 Å². The van der Waals surface area contributed by atoms with E-state index in [1.54, 1.807) is 18.2 Å². The molecule has 4 atom stereocenters. The molecule has 0 unspecified atom stereocenters. The molecule has 8 nitrogen and oxygen atoms in total. The number of fused-ring (bicyclic) bond motifs is 1. The number of urea groups is 1. The average molecular weight is 561 g/mol. The first-order valence-corrected chi connectivity index (χ1v) is 13.3. The van der Waals surface area contributed by atoms with Crippen molar-refractivity contribution in [2.45, 2.75) is 43.3 Å². The predicted molar refractivity (Wildman–Crippen MR) is 138 cm³/mol. The van der Waals surface area contributed by atoms with Gasteiger partial charge in [0.05, 0.1) is 33.8 Å². The Morgan fingerprint density at radius 3 is 2.64 bits per heavy atom. The van der Waals surface area contributed by atoms with Crippen LogP contribution in [0.3, 0.4) is 0 Å². The number of anilines is 1. The van der Waals surface area contributed by atoms with Gasteiger partial charge < -0.3 is 25.8 Å². The second kappa shape index (κ2) is 10.1. The molecular formula is C26H24F4N6O2S. The maximum Gasteiger partial charge on any atom is 0.393 e. The van der Waals surface area contributed by atoms with E-state index < -0.39 is 42.9 Å². The van der Waals surface area contributed by atoms with Crippen LogP contribution in [0.15, 0.2) is 53.1 Å². The number of benzene rings is 2. The highest BCUT2D eigenvalue weighted by molar-refractivity contribution is 7.23. The quantitative estimate of drug-likeness (QED) is 0.240. The van der Waals surface area contributed by atoms with Gasteiger partial charge in [0.25, 0.3) is 5.89 Å². The number of nitrogens with one attached hydrogen (secondary N) is 4. The first-order chi connectivity index (χ1) is 18.8. The monoisotopic (exact) mass is 560 g/mol. The van der Waals surface area contributed by atoms with Crippen molar-refractivity contribution in [3.05, 3.63) is 65.5 Å². The topological polar surface area (TPSA) is 104 Å². The first kappa shape index (κ1) is 25.6. The molecule has 2 fully saturated rings. The Balaban J connectivity index is 1.39. The number of hydrogen-bond acceptors (Lipinski definition) is 7. The molecule has 0 spiro atoms. The van der Waals surface area contributed by atoms with Gasteiger partial charge in [0.2, 0.25) is 5.82 Å². The van der Waals surface area contributed by atoms with Gasteiger partial charge in [-0.15, -0.1) is 11.3 Å². The van der Waals surface area contributed by atoms with Crippen LogP contribution in [-0.2, 0) is 6.42 Å². The number of hydrogen-bond donors (Lipinski definition) is 4. The summed E-state index contributed by atoms with van der Waals surface area (Å²) < 4.78 is 61.7. The van der Waals surface area contributed by atoms with Crippen molar-refractivity contribution in [3.63, 3.8) is 0 Å². The molecule has 2 amide bonds. The molecule has 4 aromatic rings. The number of amides is 2.